The molecule has 1 aromatic heterocycles. The number of hydrogen-bond donors (Lipinski definition) is 0. The molecule has 1 aliphatic heterocycles. The standard InChI is InChI=1S/C25H28N2O4/c1-18-21(9-6-10-24(28)26-13-15-31-16-14-26)22-17-20(30-2)11-12-23(22)27(18)25(29)19-7-4-3-5-8-19/h3-5,7-8,11-12,17H,6,9-10,13-16H2,1-2H3. The molecular weight excluding hydrogens is 392 g/mol. The van der Waals surface area contributed by atoms with E-state index in [1.165, 1.54) is 0 Å². The zero-order chi connectivity index (χ0) is 21.8. The third-order valence-corrected chi connectivity index (χ3v) is 5.95. The minimum absolute atomic E-state index is 0.0519. The van der Waals surface area contributed by atoms with Crippen LogP contribution in [-0.4, -0.2) is 54.7 Å². The molecule has 0 saturated carbocycles. The molecule has 1 fully saturated rings. The number of aromatic nitrogens is 1. The number of aryl methyl sites for hydroxylation is 1. The van der Waals surface area contributed by atoms with Gasteiger partial charge in [-0.15, -0.1) is 0 Å². The number of fused-ring (bicyclic) bond motifs is 1. The SMILES string of the molecule is COc1ccc2c(c1)c(CCCC(=O)N1CCOCC1)c(C)n2C(=O)c1ccccc1. The van der Waals surface area contributed by atoms with Gasteiger partial charge in [-0.25, -0.2) is 0 Å². The van der Waals surface area contributed by atoms with E-state index in [0.29, 0.717) is 38.3 Å². The second kappa shape index (κ2) is 9.35. The van der Waals surface area contributed by atoms with Crippen molar-refractivity contribution in [3.63, 3.8) is 0 Å². The quantitative estimate of drug-likeness (QED) is 0.608. The van der Waals surface area contributed by atoms with Gasteiger partial charge < -0.3 is 14.4 Å². The van der Waals surface area contributed by atoms with Crippen molar-refractivity contribution in [1.29, 1.82) is 0 Å². The van der Waals surface area contributed by atoms with Crippen LogP contribution in [0.25, 0.3) is 10.9 Å². The largest absolute Gasteiger partial charge is 0.497 e. The number of hydrogen-bond acceptors (Lipinski definition) is 4. The van der Waals surface area contributed by atoms with Gasteiger partial charge in [-0.2, -0.15) is 0 Å². The number of methoxy groups -OCH3 is 1. The third kappa shape index (κ3) is 4.35. The minimum atomic E-state index is -0.0519. The van der Waals surface area contributed by atoms with Crippen LogP contribution in [0, 0.1) is 6.92 Å². The monoisotopic (exact) mass is 420 g/mol. The highest BCUT2D eigenvalue weighted by Crippen LogP contribution is 2.31. The zero-order valence-corrected chi connectivity index (χ0v) is 18.1. The van der Waals surface area contributed by atoms with Crippen molar-refractivity contribution in [2.24, 2.45) is 0 Å². The molecule has 162 valence electrons. The number of carbonyl (C=O) groups excluding carboxylic acids is 2. The Morgan fingerprint density at radius 1 is 1.06 bits per heavy atom. The van der Waals surface area contributed by atoms with Gasteiger partial charge in [-0.05, 0) is 55.7 Å². The molecular formula is C25H28N2O4. The maximum absolute atomic E-state index is 13.3. The zero-order valence-electron chi connectivity index (χ0n) is 18.1. The molecule has 2 heterocycles. The highest BCUT2D eigenvalue weighted by atomic mass is 16.5. The Morgan fingerprint density at radius 2 is 1.81 bits per heavy atom. The fourth-order valence-corrected chi connectivity index (χ4v) is 4.26. The van der Waals surface area contributed by atoms with Crippen LogP contribution < -0.4 is 4.74 Å². The molecule has 31 heavy (non-hydrogen) atoms. The minimum Gasteiger partial charge on any atom is -0.497 e. The van der Waals surface area contributed by atoms with Crippen molar-refractivity contribution in [3.8, 4) is 5.75 Å². The Morgan fingerprint density at radius 3 is 2.52 bits per heavy atom. The molecule has 0 atom stereocenters. The van der Waals surface area contributed by atoms with Crippen molar-refractivity contribution < 1.29 is 19.1 Å². The van der Waals surface area contributed by atoms with Crippen LogP contribution in [0.4, 0.5) is 0 Å². The van der Waals surface area contributed by atoms with Crippen LogP contribution in [0.2, 0.25) is 0 Å². The predicted molar refractivity (Wildman–Crippen MR) is 120 cm³/mol. The first kappa shape index (κ1) is 21.1. The van der Waals surface area contributed by atoms with Crippen LogP contribution in [0.15, 0.2) is 48.5 Å². The van der Waals surface area contributed by atoms with Gasteiger partial charge in [0, 0.05) is 36.2 Å². The summed E-state index contributed by atoms with van der Waals surface area (Å²) in [5.41, 5.74) is 3.51. The van der Waals surface area contributed by atoms with Gasteiger partial charge >= 0.3 is 0 Å². The number of rotatable bonds is 6. The summed E-state index contributed by atoms with van der Waals surface area (Å²) >= 11 is 0. The van der Waals surface area contributed by atoms with E-state index in [2.05, 4.69) is 0 Å². The Balaban J connectivity index is 1.62. The van der Waals surface area contributed by atoms with E-state index in [-0.39, 0.29) is 11.8 Å². The lowest BCUT2D eigenvalue weighted by atomic mass is 10.0. The molecule has 0 bridgehead atoms. The molecule has 0 unspecified atom stereocenters. The molecule has 2 aromatic carbocycles. The lowest BCUT2D eigenvalue weighted by Gasteiger charge is -2.26. The van der Waals surface area contributed by atoms with Gasteiger partial charge in [0.05, 0.1) is 25.8 Å². The number of morpholine rings is 1. The Kier molecular flexibility index (Phi) is 6.37. The van der Waals surface area contributed by atoms with Crippen LogP contribution in [-0.2, 0) is 16.0 Å². The van der Waals surface area contributed by atoms with E-state index in [0.717, 1.165) is 40.8 Å². The summed E-state index contributed by atoms with van der Waals surface area (Å²) in [6.45, 7) is 4.53. The Bertz CT molecular complexity index is 1080. The molecule has 0 N–H and O–H groups in total. The lowest BCUT2D eigenvalue weighted by Crippen LogP contribution is -2.40. The number of benzene rings is 2. The molecule has 1 saturated heterocycles. The van der Waals surface area contributed by atoms with Crippen molar-refractivity contribution in [1.82, 2.24) is 9.47 Å². The Hall–Kier alpha value is -3.12. The van der Waals surface area contributed by atoms with Crippen LogP contribution in [0.1, 0.15) is 34.5 Å². The van der Waals surface area contributed by atoms with Gasteiger partial charge in [-0.3, -0.25) is 14.2 Å². The fraction of sp³-hybridized carbons (Fsp3) is 0.360. The van der Waals surface area contributed by atoms with E-state index in [1.807, 2.05) is 60.4 Å². The molecule has 0 spiro atoms. The van der Waals surface area contributed by atoms with E-state index in [9.17, 15) is 9.59 Å². The average Bonchev–Trinajstić information content (AvgIpc) is 3.10. The van der Waals surface area contributed by atoms with E-state index < -0.39 is 0 Å². The molecule has 1 aliphatic rings. The van der Waals surface area contributed by atoms with Crippen LogP contribution in [0.5, 0.6) is 5.75 Å². The van der Waals surface area contributed by atoms with Crippen molar-refractivity contribution in [2.75, 3.05) is 33.4 Å². The van der Waals surface area contributed by atoms with Crippen LogP contribution >= 0.6 is 0 Å². The lowest BCUT2D eigenvalue weighted by molar-refractivity contribution is -0.135. The normalized spacial score (nSPS) is 14.1. The molecule has 1 amide bonds. The van der Waals surface area contributed by atoms with Gasteiger partial charge in [0.1, 0.15) is 5.75 Å². The van der Waals surface area contributed by atoms with Crippen molar-refractivity contribution in [2.45, 2.75) is 26.2 Å². The van der Waals surface area contributed by atoms with E-state index in [4.69, 9.17) is 9.47 Å². The average molecular weight is 421 g/mol. The highest BCUT2D eigenvalue weighted by molar-refractivity contribution is 6.04. The summed E-state index contributed by atoms with van der Waals surface area (Å²) in [4.78, 5) is 27.7. The van der Waals surface area contributed by atoms with Crippen molar-refractivity contribution in [3.05, 3.63) is 65.4 Å². The molecule has 6 nitrogen and oxygen atoms in total. The number of nitrogens with zero attached hydrogens (tertiary/aromatic N) is 2. The third-order valence-electron chi connectivity index (χ3n) is 5.95. The first-order valence-corrected chi connectivity index (χ1v) is 10.7. The van der Waals surface area contributed by atoms with Gasteiger partial charge in [0.2, 0.25) is 5.91 Å². The first-order chi connectivity index (χ1) is 15.1. The Labute approximate surface area is 182 Å². The smallest absolute Gasteiger partial charge is 0.262 e. The summed E-state index contributed by atoms with van der Waals surface area (Å²) in [5, 5.41) is 1.000. The summed E-state index contributed by atoms with van der Waals surface area (Å²) in [7, 11) is 1.64. The van der Waals surface area contributed by atoms with E-state index >= 15 is 0 Å². The second-order valence-electron chi connectivity index (χ2n) is 7.80. The molecule has 3 aromatic rings. The van der Waals surface area contributed by atoms with Crippen molar-refractivity contribution >= 4 is 22.7 Å². The second-order valence-corrected chi connectivity index (χ2v) is 7.80. The summed E-state index contributed by atoms with van der Waals surface area (Å²) < 4.78 is 12.5. The predicted octanol–water partition coefficient (Wildman–Crippen LogP) is 3.83. The van der Waals surface area contributed by atoms with Crippen LogP contribution in [0.3, 0.4) is 0 Å². The molecule has 0 aliphatic carbocycles. The number of carbonyl (C=O) groups is 2. The number of ether oxygens (including phenoxy) is 2. The highest BCUT2D eigenvalue weighted by Gasteiger charge is 2.21. The summed E-state index contributed by atoms with van der Waals surface area (Å²) in [6, 6.07) is 15.1. The molecule has 6 heteroatoms. The summed E-state index contributed by atoms with van der Waals surface area (Å²) in [6.07, 6.45) is 1.94. The maximum atomic E-state index is 13.3. The van der Waals surface area contributed by atoms with Gasteiger partial charge in [-0.1, -0.05) is 18.2 Å². The van der Waals surface area contributed by atoms with Gasteiger partial charge in [0.25, 0.3) is 5.91 Å². The first-order valence-electron chi connectivity index (χ1n) is 10.7. The van der Waals surface area contributed by atoms with E-state index in [1.54, 1.807) is 11.7 Å². The fourth-order valence-electron chi connectivity index (χ4n) is 4.26. The van der Waals surface area contributed by atoms with Gasteiger partial charge in [0.15, 0.2) is 0 Å². The number of amides is 1. The molecule has 4 rings (SSSR count). The maximum Gasteiger partial charge on any atom is 0.262 e. The summed E-state index contributed by atoms with van der Waals surface area (Å²) in [5.74, 6) is 0.869. The molecule has 0 radical (unpaired) electrons. The topological polar surface area (TPSA) is 60.8 Å².